The number of hydrogen-bond donors (Lipinski definition) is 3. The Morgan fingerprint density at radius 1 is 1.44 bits per heavy atom. The van der Waals surface area contributed by atoms with Gasteiger partial charge in [-0.25, -0.2) is 4.79 Å². The van der Waals surface area contributed by atoms with Gasteiger partial charge in [0.1, 0.15) is 0 Å². The predicted molar refractivity (Wildman–Crippen MR) is 77.0 cm³/mol. The first-order chi connectivity index (χ1) is 8.37. The molecule has 1 aliphatic heterocycles. The molecule has 0 aromatic rings. The van der Waals surface area contributed by atoms with Crippen molar-refractivity contribution in [2.75, 3.05) is 25.4 Å². The lowest BCUT2D eigenvalue weighted by molar-refractivity contribution is 0.201. The fourth-order valence-electron chi connectivity index (χ4n) is 2.02. The first-order valence-corrected chi connectivity index (χ1v) is 7.62. The average molecular weight is 274 g/mol. The van der Waals surface area contributed by atoms with Crippen molar-refractivity contribution in [2.45, 2.75) is 44.8 Å². The second kappa shape index (κ2) is 6.66. The van der Waals surface area contributed by atoms with E-state index in [1.807, 2.05) is 25.6 Å². The van der Waals surface area contributed by atoms with Crippen molar-refractivity contribution in [3.63, 3.8) is 0 Å². The van der Waals surface area contributed by atoms with E-state index in [4.69, 9.17) is 5.11 Å². The molecule has 5 heteroatoms. The third-order valence-electron chi connectivity index (χ3n) is 3.44. The molecule has 0 bridgehead atoms. The Balaban J connectivity index is 2.21. The molecule has 2 amide bonds. The molecule has 0 saturated carbocycles. The van der Waals surface area contributed by atoms with Crippen LogP contribution in [-0.2, 0) is 0 Å². The lowest BCUT2D eigenvalue weighted by Gasteiger charge is -2.26. The van der Waals surface area contributed by atoms with Crippen molar-refractivity contribution in [1.29, 1.82) is 0 Å². The molecule has 106 valence electrons. The molecule has 1 rings (SSSR count). The summed E-state index contributed by atoms with van der Waals surface area (Å²) < 4.78 is 0.206. The van der Waals surface area contributed by atoms with Crippen LogP contribution in [-0.4, -0.2) is 41.3 Å². The van der Waals surface area contributed by atoms with Gasteiger partial charge >= 0.3 is 6.03 Å². The normalized spacial score (nSPS) is 24.0. The number of nitrogens with one attached hydrogen (secondary N) is 2. The second-order valence-corrected chi connectivity index (χ2v) is 7.76. The number of amides is 2. The molecule has 4 nitrogen and oxygen atoms in total. The van der Waals surface area contributed by atoms with Gasteiger partial charge < -0.3 is 15.7 Å². The molecule has 0 spiro atoms. The Kier molecular flexibility index (Phi) is 5.79. The fourth-order valence-corrected chi connectivity index (χ4v) is 3.26. The van der Waals surface area contributed by atoms with Crippen LogP contribution in [0.25, 0.3) is 0 Å². The SMILES string of the molecule is CC(C)(CCO)CNC(=O)NCC1(C)CCCS1. The molecule has 0 radical (unpaired) electrons. The minimum atomic E-state index is -0.102. The number of carbonyl (C=O) groups is 1. The summed E-state index contributed by atoms with van der Waals surface area (Å²) >= 11 is 1.94. The number of rotatable bonds is 6. The van der Waals surface area contributed by atoms with Gasteiger partial charge in [-0.1, -0.05) is 13.8 Å². The third-order valence-corrected chi connectivity index (χ3v) is 4.98. The molecule has 0 aromatic heterocycles. The second-order valence-electron chi connectivity index (χ2n) is 6.08. The molecule has 0 aliphatic carbocycles. The highest BCUT2D eigenvalue weighted by molar-refractivity contribution is 8.00. The van der Waals surface area contributed by atoms with Crippen molar-refractivity contribution in [2.24, 2.45) is 5.41 Å². The van der Waals surface area contributed by atoms with E-state index in [0.717, 1.165) is 6.54 Å². The van der Waals surface area contributed by atoms with Gasteiger partial charge in [-0.05, 0) is 37.4 Å². The van der Waals surface area contributed by atoms with Crippen LogP contribution in [0.15, 0.2) is 0 Å². The zero-order valence-electron chi connectivity index (χ0n) is 11.7. The van der Waals surface area contributed by atoms with E-state index < -0.39 is 0 Å². The van der Waals surface area contributed by atoms with Gasteiger partial charge in [0, 0.05) is 24.4 Å². The number of thioether (sulfide) groups is 1. The summed E-state index contributed by atoms with van der Waals surface area (Å²) in [6.07, 6.45) is 3.11. The summed E-state index contributed by atoms with van der Waals surface area (Å²) in [7, 11) is 0. The van der Waals surface area contributed by atoms with Gasteiger partial charge in [-0.2, -0.15) is 11.8 Å². The van der Waals surface area contributed by atoms with Gasteiger partial charge in [0.15, 0.2) is 0 Å². The van der Waals surface area contributed by atoms with Gasteiger partial charge in [0.05, 0.1) is 0 Å². The molecular weight excluding hydrogens is 248 g/mol. The summed E-state index contributed by atoms with van der Waals surface area (Å²) in [4.78, 5) is 11.7. The molecule has 1 atom stereocenters. The zero-order chi connectivity index (χ0) is 13.6. The highest BCUT2D eigenvalue weighted by Crippen LogP contribution is 2.36. The fraction of sp³-hybridized carbons (Fsp3) is 0.923. The lowest BCUT2D eigenvalue weighted by Crippen LogP contribution is -2.45. The minimum Gasteiger partial charge on any atom is -0.396 e. The van der Waals surface area contributed by atoms with Crippen molar-refractivity contribution in [3.8, 4) is 0 Å². The van der Waals surface area contributed by atoms with Gasteiger partial charge in [0.2, 0.25) is 0 Å². The van der Waals surface area contributed by atoms with Crippen LogP contribution in [0.1, 0.15) is 40.0 Å². The number of urea groups is 1. The Hall–Kier alpha value is -0.420. The molecule has 3 N–H and O–H groups in total. The summed E-state index contributed by atoms with van der Waals surface area (Å²) in [5.74, 6) is 1.20. The topological polar surface area (TPSA) is 61.4 Å². The minimum absolute atomic E-state index is 0.0574. The lowest BCUT2D eigenvalue weighted by atomic mass is 9.90. The van der Waals surface area contributed by atoms with Crippen LogP contribution in [0.5, 0.6) is 0 Å². The molecule has 1 unspecified atom stereocenters. The van der Waals surface area contributed by atoms with Crippen LogP contribution in [0.3, 0.4) is 0 Å². The highest BCUT2D eigenvalue weighted by atomic mass is 32.2. The Bertz CT molecular complexity index is 276. The zero-order valence-corrected chi connectivity index (χ0v) is 12.5. The molecule has 1 heterocycles. The van der Waals surface area contributed by atoms with E-state index in [0.29, 0.717) is 13.0 Å². The van der Waals surface area contributed by atoms with Crippen molar-refractivity contribution >= 4 is 17.8 Å². The third kappa shape index (κ3) is 5.48. The number of hydrogen-bond acceptors (Lipinski definition) is 3. The van der Waals surface area contributed by atoms with Gasteiger partial charge in [0.25, 0.3) is 0 Å². The Labute approximate surface area is 114 Å². The van der Waals surface area contributed by atoms with E-state index >= 15 is 0 Å². The smallest absolute Gasteiger partial charge is 0.314 e. The van der Waals surface area contributed by atoms with E-state index in [1.54, 1.807) is 0 Å². The summed E-state index contributed by atoms with van der Waals surface area (Å²) in [6, 6.07) is -0.102. The van der Waals surface area contributed by atoms with Crippen molar-refractivity contribution in [1.82, 2.24) is 10.6 Å². The maximum absolute atomic E-state index is 11.7. The van der Waals surface area contributed by atoms with Gasteiger partial charge in [-0.3, -0.25) is 0 Å². The maximum atomic E-state index is 11.7. The van der Waals surface area contributed by atoms with Crippen molar-refractivity contribution < 1.29 is 9.90 Å². The molecule has 0 aromatic carbocycles. The highest BCUT2D eigenvalue weighted by Gasteiger charge is 2.29. The van der Waals surface area contributed by atoms with Crippen molar-refractivity contribution in [3.05, 3.63) is 0 Å². The summed E-state index contributed by atoms with van der Waals surface area (Å²) in [5, 5.41) is 14.7. The number of carbonyl (C=O) groups excluding carboxylic acids is 1. The van der Waals surface area contributed by atoms with Crippen LogP contribution in [0.2, 0.25) is 0 Å². The molecule has 1 fully saturated rings. The first kappa shape index (κ1) is 15.6. The van der Waals surface area contributed by atoms with E-state index in [1.165, 1.54) is 18.6 Å². The molecule has 1 aliphatic rings. The maximum Gasteiger partial charge on any atom is 0.314 e. The molecular formula is C13H26N2O2S. The Morgan fingerprint density at radius 3 is 2.72 bits per heavy atom. The van der Waals surface area contributed by atoms with Crippen LogP contribution in [0, 0.1) is 5.41 Å². The first-order valence-electron chi connectivity index (χ1n) is 6.63. The number of aliphatic hydroxyl groups is 1. The summed E-state index contributed by atoms with van der Waals surface area (Å²) in [6.45, 7) is 7.76. The van der Waals surface area contributed by atoms with E-state index in [9.17, 15) is 4.79 Å². The average Bonchev–Trinajstić information content (AvgIpc) is 2.72. The standard InChI is InChI=1S/C13H26N2O2S/c1-12(2,6-7-16)9-14-11(17)15-10-13(3)5-4-8-18-13/h16H,4-10H2,1-3H3,(H2,14,15,17). The van der Waals surface area contributed by atoms with Gasteiger partial charge in [-0.15, -0.1) is 0 Å². The van der Waals surface area contributed by atoms with E-state index in [2.05, 4.69) is 17.6 Å². The molecule has 18 heavy (non-hydrogen) atoms. The number of aliphatic hydroxyl groups excluding tert-OH is 1. The largest absolute Gasteiger partial charge is 0.396 e. The van der Waals surface area contributed by atoms with Crippen LogP contribution >= 0.6 is 11.8 Å². The molecule has 1 saturated heterocycles. The quantitative estimate of drug-likeness (QED) is 0.694. The predicted octanol–water partition coefficient (Wildman–Crippen LogP) is 1.98. The monoisotopic (exact) mass is 274 g/mol. The van der Waals surface area contributed by atoms with Crippen LogP contribution < -0.4 is 10.6 Å². The summed E-state index contributed by atoms with van der Waals surface area (Å²) in [5.41, 5.74) is -0.0574. The van der Waals surface area contributed by atoms with E-state index in [-0.39, 0.29) is 22.8 Å². The van der Waals surface area contributed by atoms with Crippen LogP contribution in [0.4, 0.5) is 4.79 Å². The Morgan fingerprint density at radius 2 is 2.17 bits per heavy atom.